The number of benzene rings is 2. The van der Waals surface area contributed by atoms with E-state index in [1.165, 1.54) is 6.20 Å². The normalized spacial score (nSPS) is 13.8. The molecule has 0 spiro atoms. The number of hydrogen-bond donors (Lipinski definition) is 1. The Labute approximate surface area is 183 Å². The quantitative estimate of drug-likeness (QED) is 0.490. The first kappa shape index (κ1) is 19.6. The van der Waals surface area contributed by atoms with Crippen molar-refractivity contribution in [3.8, 4) is 11.6 Å². The predicted octanol–water partition coefficient (Wildman–Crippen LogP) is 3.62. The molecule has 0 aliphatic carbocycles. The molecular weight excluding hydrogens is 406 g/mol. The first-order chi connectivity index (χ1) is 15.6. The largest absolute Gasteiger partial charge is 0.437 e. The fourth-order valence-corrected chi connectivity index (χ4v) is 3.52. The number of imidazole rings is 1. The van der Waals surface area contributed by atoms with Gasteiger partial charge in [0.25, 0.3) is 0 Å². The van der Waals surface area contributed by atoms with Gasteiger partial charge in [-0.2, -0.15) is 0 Å². The molecule has 32 heavy (non-hydrogen) atoms. The predicted molar refractivity (Wildman–Crippen MR) is 118 cm³/mol. The summed E-state index contributed by atoms with van der Waals surface area (Å²) in [6.45, 7) is 0.610. The second-order valence-electron chi connectivity index (χ2n) is 7.45. The number of ether oxygens (including phenoxy) is 1. The molecule has 8 heteroatoms. The number of hydrogen-bond acceptors (Lipinski definition) is 6. The summed E-state index contributed by atoms with van der Waals surface area (Å²) in [6, 6.07) is 14.2. The monoisotopic (exact) mass is 425 g/mol. The van der Waals surface area contributed by atoms with Crippen molar-refractivity contribution < 1.29 is 14.3 Å². The molecular formula is C24H19N5O3. The van der Waals surface area contributed by atoms with Crippen LogP contribution in [0.2, 0.25) is 0 Å². The van der Waals surface area contributed by atoms with E-state index >= 15 is 0 Å². The molecule has 2 aromatic carbocycles. The molecule has 0 radical (unpaired) electrons. The molecule has 0 saturated carbocycles. The number of aromatic amines is 1. The van der Waals surface area contributed by atoms with E-state index < -0.39 is 0 Å². The molecule has 0 unspecified atom stereocenters. The van der Waals surface area contributed by atoms with Crippen LogP contribution in [0.4, 0.5) is 0 Å². The number of para-hydroxylation sites is 2. The van der Waals surface area contributed by atoms with Gasteiger partial charge in [-0.05, 0) is 48.4 Å². The first-order valence-corrected chi connectivity index (χ1v) is 10.1. The third-order valence-electron chi connectivity index (χ3n) is 5.29. The molecule has 5 rings (SSSR count). The molecule has 8 nitrogen and oxygen atoms in total. The summed E-state index contributed by atoms with van der Waals surface area (Å²) in [5.41, 5.74) is 3.36. The second kappa shape index (κ2) is 8.07. The Bertz CT molecular complexity index is 1320. The van der Waals surface area contributed by atoms with Crippen LogP contribution in [0.5, 0.6) is 11.6 Å². The number of ketones is 1. The zero-order valence-corrected chi connectivity index (χ0v) is 17.3. The summed E-state index contributed by atoms with van der Waals surface area (Å²) in [7, 11) is 1.76. The fourth-order valence-electron chi connectivity index (χ4n) is 3.52. The van der Waals surface area contributed by atoms with Gasteiger partial charge in [0.1, 0.15) is 11.4 Å². The van der Waals surface area contributed by atoms with Gasteiger partial charge in [0.05, 0.1) is 11.0 Å². The highest BCUT2D eigenvalue weighted by Gasteiger charge is 2.21. The Balaban J connectivity index is 1.37. The first-order valence-electron chi connectivity index (χ1n) is 10.1. The molecule has 1 N–H and O–H groups in total. The van der Waals surface area contributed by atoms with Crippen LogP contribution in [0.15, 0.2) is 67.0 Å². The van der Waals surface area contributed by atoms with E-state index in [2.05, 4.69) is 19.9 Å². The maximum Gasteiger partial charge on any atom is 0.246 e. The van der Waals surface area contributed by atoms with Gasteiger partial charge in [0.2, 0.25) is 17.6 Å². The third kappa shape index (κ3) is 3.74. The summed E-state index contributed by atoms with van der Waals surface area (Å²) in [4.78, 5) is 42.6. The van der Waals surface area contributed by atoms with Gasteiger partial charge in [0.15, 0.2) is 5.82 Å². The summed E-state index contributed by atoms with van der Waals surface area (Å²) >= 11 is 0. The van der Waals surface area contributed by atoms with Crippen LogP contribution in [0, 0.1) is 0 Å². The standard InChI is InChI=1S/C24H19N5O3/c1-29-13-10-16(14-20(29)30)21-24(26-12-11-25-21)32-17-8-6-15(7-9-17)22(31)23-27-18-4-2-3-5-19(18)28-23/h2-9,11-12,14H,10,13H2,1H3,(H,27,28). The van der Waals surface area contributed by atoms with Crippen molar-refractivity contribution in [1.29, 1.82) is 0 Å². The minimum atomic E-state index is -0.206. The molecule has 0 fully saturated rings. The molecule has 0 saturated heterocycles. The average molecular weight is 425 g/mol. The zero-order chi connectivity index (χ0) is 22.1. The molecule has 1 amide bonds. The number of H-pyrrole nitrogens is 1. The number of nitrogens with one attached hydrogen (secondary N) is 1. The van der Waals surface area contributed by atoms with Crippen molar-refractivity contribution in [3.63, 3.8) is 0 Å². The van der Waals surface area contributed by atoms with Gasteiger partial charge in [-0.15, -0.1) is 0 Å². The van der Waals surface area contributed by atoms with Gasteiger partial charge in [-0.3, -0.25) is 9.59 Å². The van der Waals surface area contributed by atoms with Gasteiger partial charge in [-0.1, -0.05) is 12.1 Å². The number of nitrogens with zero attached hydrogens (tertiary/aromatic N) is 4. The van der Waals surface area contributed by atoms with Crippen LogP contribution in [-0.2, 0) is 4.79 Å². The number of aromatic nitrogens is 4. The van der Waals surface area contributed by atoms with Crippen LogP contribution >= 0.6 is 0 Å². The van der Waals surface area contributed by atoms with Crippen molar-refractivity contribution in [3.05, 3.63) is 84.1 Å². The number of carbonyl (C=O) groups is 2. The van der Waals surface area contributed by atoms with Crippen molar-refractivity contribution >= 4 is 28.3 Å². The molecule has 0 bridgehead atoms. The van der Waals surface area contributed by atoms with Crippen molar-refractivity contribution in [2.45, 2.75) is 6.42 Å². The topological polar surface area (TPSA) is 101 Å². The van der Waals surface area contributed by atoms with Crippen LogP contribution in [-0.4, -0.2) is 50.1 Å². The Kier molecular flexibility index (Phi) is 4.95. The van der Waals surface area contributed by atoms with E-state index in [9.17, 15) is 9.59 Å². The highest BCUT2D eigenvalue weighted by molar-refractivity contribution is 6.08. The lowest BCUT2D eigenvalue weighted by Gasteiger charge is -2.22. The maximum atomic E-state index is 12.8. The minimum absolute atomic E-state index is 0.0729. The number of fused-ring (bicyclic) bond motifs is 1. The SMILES string of the molecule is CN1CCC(c2nccnc2Oc2ccc(C(=O)c3nc4ccccc4[nH]3)cc2)=CC1=O. The Morgan fingerprint density at radius 1 is 1.06 bits per heavy atom. The second-order valence-corrected chi connectivity index (χ2v) is 7.45. The number of rotatable bonds is 5. The Morgan fingerprint density at radius 3 is 2.62 bits per heavy atom. The fraction of sp³-hybridized carbons (Fsp3) is 0.125. The summed E-state index contributed by atoms with van der Waals surface area (Å²) in [5, 5.41) is 0. The Hall–Kier alpha value is -4.33. The number of likely N-dealkylation sites (N-methyl/N-ethyl adjacent to an activating group) is 1. The van der Waals surface area contributed by atoms with Crippen molar-refractivity contribution in [1.82, 2.24) is 24.8 Å². The molecule has 1 aliphatic heterocycles. The smallest absolute Gasteiger partial charge is 0.246 e. The molecule has 2 aromatic heterocycles. The van der Waals surface area contributed by atoms with E-state index in [0.29, 0.717) is 35.9 Å². The van der Waals surface area contributed by atoms with E-state index in [0.717, 1.165) is 16.6 Å². The summed E-state index contributed by atoms with van der Waals surface area (Å²) < 4.78 is 5.94. The maximum absolute atomic E-state index is 12.8. The lowest BCUT2D eigenvalue weighted by molar-refractivity contribution is -0.125. The molecule has 1 aliphatic rings. The molecule has 3 heterocycles. The van der Waals surface area contributed by atoms with E-state index in [1.807, 2.05) is 24.3 Å². The van der Waals surface area contributed by atoms with Crippen molar-refractivity contribution in [2.24, 2.45) is 0 Å². The highest BCUT2D eigenvalue weighted by atomic mass is 16.5. The molecule has 158 valence electrons. The number of amides is 1. The van der Waals surface area contributed by atoms with E-state index in [-0.39, 0.29) is 17.5 Å². The van der Waals surface area contributed by atoms with Crippen LogP contribution in [0.25, 0.3) is 16.6 Å². The van der Waals surface area contributed by atoms with Crippen LogP contribution in [0.1, 0.15) is 28.3 Å². The minimum Gasteiger partial charge on any atom is -0.437 e. The summed E-state index contributed by atoms with van der Waals surface area (Å²) in [6.07, 6.45) is 5.34. The lowest BCUT2D eigenvalue weighted by atomic mass is 10.0. The average Bonchev–Trinajstić information content (AvgIpc) is 3.26. The van der Waals surface area contributed by atoms with Crippen LogP contribution in [0.3, 0.4) is 0 Å². The van der Waals surface area contributed by atoms with E-state index in [4.69, 9.17) is 4.74 Å². The van der Waals surface area contributed by atoms with E-state index in [1.54, 1.807) is 48.5 Å². The Morgan fingerprint density at radius 2 is 1.84 bits per heavy atom. The molecule has 4 aromatic rings. The highest BCUT2D eigenvalue weighted by Crippen LogP contribution is 2.30. The number of carbonyl (C=O) groups excluding carboxylic acids is 2. The third-order valence-corrected chi connectivity index (χ3v) is 5.29. The molecule has 0 atom stereocenters. The lowest BCUT2D eigenvalue weighted by Crippen LogP contribution is -2.29. The van der Waals surface area contributed by atoms with Crippen molar-refractivity contribution in [2.75, 3.05) is 13.6 Å². The van der Waals surface area contributed by atoms with Gasteiger partial charge >= 0.3 is 0 Å². The summed E-state index contributed by atoms with van der Waals surface area (Å²) in [5.74, 6) is 0.828. The van der Waals surface area contributed by atoms with Crippen LogP contribution < -0.4 is 4.74 Å². The van der Waals surface area contributed by atoms with Gasteiger partial charge < -0.3 is 14.6 Å². The van der Waals surface area contributed by atoms with Gasteiger partial charge in [0, 0.05) is 37.6 Å². The van der Waals surface area contributed by atoms with Gasteiger partial charge in [-0.25, -0.2) is 15.0 Å². The zero-order valence-electron chi connectivity index (χ0n) is 17.3.